The van der Waals surface area contributed by atoms with Crippen molar-refractivity contribution in [2.75, 3.05) is 29.5 Å². The number of amides is 1. The lowest BCUT2D eigenvalue weighted by Crippen LogP contribution is -2.15. The number of azo groups is 1. The molecule has 1 aromatic carbocycles. The SMILES string of the molecule is CCCCCCCCCCNc1nc(N)c(NC(=O)OCC)cc1N=Nc1ccccc1. The molecular formula is C24H36N6O2. The summed E-state index contributed by atoms with van der Waals surface area (Å²) in [7, 11) is 0. The number of rotatable bonds is 14. The van der Waals surface area contributed by atoms with Crippen molar-refractivity contribution in [3.8, 4) is 0 Å². The quantitative estimate of drug-likeness (QED) is 0.212. The van der Waals surface area contributed by atoms with Crippen molar-refractivity contribution in [1.29, 1.82) is 0 Å². The number of nitrogens with two attached hydrogens (primary N) is 1. The van der Waals surface area contributed by atoms with Gasteiger partial charge in [0.15, 0.2) is 5.82 Å². The van der Waals surface area contributed by atoms with E-state index in [1.54, 1.807) is 13.0 Å². The van der Waals surface area contributed by atoms with E-state index in [2.05, 4.69) is 32.8 Å². The van der Waals surface area contributed by atoms with E-state index in [1.807, 2.05) is 30.3 Å². The van der Waals surface area contributed by atoms with Crippen LogP contribution >= 0.6 is 0 Å². The van der Waals surface area contributed by atoms with Crippen LogP contribution in [0, 0.1) is 0 Å². The first-order valence-corrected chi connectivity index (χ1v) is 11.6. The zero-order valence-electron chi connectivity index (χ0n) is 19.3. The summed E-state index contributed by atoms with van der Waals surface area (Å²) in [6, 6.07) is 11.1. The fourth-order valence-electron chi connectivity index (χ4n) is 3.17. The summed E-state index contributed by atoms with van der Waals surface area (Å²) in [5.41, 5.74) is 7.61. The second kappa shape index (κ2) is 14.8. The fourth-order valence-corrected chi connectivity index (χ4v) is 3.17. The van der Waals surface area contributed by atoms with Crippen LogP contribution in [0.3, 0.4) is 0 Å². The van der Waals surface area contributed by atoms with Crippen molar-refractivity contribution in [3.63, 3.8) is 0 Å². The van der Waals surface area contributed by atoms with Crippen molar-refractivity contribution < 1.29 is 9.53 Å². The molecule has 2 rings (SSSR count). The number of unbranched alkanes of at least 4 members (excludes halogenated alkanes) is 7. The fraction of sp³-hybridized carbons (Fsp3) is 0.500. The van der Waals surface area contributed by atoms with Crippen molar-refractivity contribution in [2.45, 2.75) is 65.2 Å². The summed E-state index contributed by atoms with van der Waals surface area (Å²) in [6.07, 6.45) is 9.39. The van der Waals surface area contributed by atoms with E-state index in [0.29, 0.717) is 17.2 Å². The number of carbonyl (C=O) groups is 1. The predicted molar refractivity (Wildman–Crippen MR) is 131 cm³/mol. The number of pyridine rings is 1. The molecular weight excluding hydrogens is 404 g/mol. The van der Waals surface area contributed by atoms with Gasteiger partial charge in [-0.3, -0.25) is 5.32 Å². The Balaban J connectivity index is 2.01. The molecule has 0 aliphatic carbocycles. The molecule has 0 aliphatic heterocycles. The normalized spacial score (nSPS) is 10.9. The average Bonchev–Trinajstić information content (AvgIpc) is 2.79. The third-order valence-electron chi connectivity index (χ3n) is 4.90. The number of nitrogens with one attached hydrogen (secondary N) is 2. The van der Waals surface area contributed by atoms with Crippen LogP contribution in [-0.2, 0) is 4.74 Å². The summed E-state index contributed by atoms with van der Waals surface area (Å²) in [4.78, 5) is 16.2. The Labute approximate surface area is 191 Å². The molecule has 0 saturated heterocycles. The Bertz CT molecular complexity index is 842. The average molecular weight is 441 g/mol. The third-order valence-corrected chi connectivity index (χ3v) is 4.90. The number of anilines is 3. The molecule has 1 amide bonds. The van der Waals surface area contributed by atoms with E-state index in [4.69, 9.17) is 10.5 Å². The second-order valence-corrected chi connectivity index (χ2v) is 7.57. The molecule has 0 bridgehead atoms. The number of nitrogen functional groups attached to an aromatic ring is 1. The molecule has 0 unspecified atom stereocenters. The number of carbonyl (C=O) groups excluding carboxylic acids is 1. The molecule has 1 heterocycles. The lowest BCUT2D eigenvalue weighted by atomic mass is 10.1. The number of ether oxygens (including phenoxy) is 1. The van der Waals surface area contributed by atoms with Gasteiger partial charge >= 0.3 is 6.09 Å². The highest BCUT2D eigenvalue weighted by Crippen LogP contribution is 2.32. The number of hydrogen-bond donors (Lipinski definition) is 3. The molecule has 4 N–H and O–H groups in total. The maximum absolute atomic E-state index is 11.8. The summed E-state index contributed by atoms with van der Waals surface area (Å²) < 4.78 is 4.93. The number of aromatic nitrogens is 1. The highest BCUT2D eigenvalue weighted by Gasteiger charge is 2.13. The first-order chi connectivity index (χ1) is 15.6. The van der Waals surface area contributed by atoms with Crippen molar-refractivity contribution in [3.05, 3.63) is 36.4 Å². The Morgan fingerprint density at radius 1 is 1.00 bits per heavy atom. The van der Waals surface area contributed by atoms with Gasteiger partial charge in [-0.25, -0.2) is 9.78 Å². The molecule has 0 radical (unpaired) electrons. The Kier molecular flexibility index (Phi) is 11.6. The van der Waals surface area contributed by atoms with Crippen LogP contribution in [0.25, 0.3) is 0 Å². The lowest BCUT2D eigenvalue weighted by Gasteiger charge is -2.13. The number of nitrogens with zero attached hydrogens (tertiary/aromatic N) is 3. The van der Waals surface area contributed by atoms with Crippen LogP contribution in [0.1, 0.15) is 65.2 Å². The second-order valence-electron chi connectivity index (χ2n) is 7.57. The van der Waals surface area contributed by atoms with Crippen LogP contribution < -0.4 is 16.4 Å². The monoisotopic (exact) mass is 440 g/mol. The van der Waals surface area contributed by atoms with Crippen LogP contribution in [-0.4, -0.2) is 24.2 Å². The summed E-state index contributed by atoms with van der Waals surface area (Å²) >= 11 is 0. The van der Waals surface area contributed by atoms with Crippen molar-refractivity contribution in [2.24, 2.45) is 10.2 Å². The van der Waals surface area contributed by atoms with Crippen LogP contribution in [0.4, 0.5) is 33.5 Å². The van der Waals surface area contributed by atoms with Gasteiger partial charge in [0.2, 0.25) is 0 Å². The van der Waals surface area contributed by atoms with E-state index in [1.165, 1.54) is 38.5 Å². The van der Waals surface area contributed by atoms with Gasteiger partial charge in [-0.1, -0.05) is 70.1 Å². The first-order valence-electron chi connectivity index (χ1n) is 11.6. The molecule has 1 aromatic heterocycles. The summed E-state index contributed by atoms with van der Waals surface area (Å²) in [6.45, 7) is 5.00. The number of hydrogen-bond acceptors (Lipinski definition) is 7. The van der Waals surface area contributed by atoms with Crippen molar-refractivity contribution in [1.82, 2.24) is 4.98 Å². The Morgan fingerprint density at radius 2 is 1.69 bits per heavy atom. The molecule has 0 spiro atoms. The highest BCUT2D eigenvalue weighted by molar-refractivity contribution is 5.90. The molecule has 8 nitrogen and oxygen atoms in total. The molecule has 32 heavy (non-hydrogen) atoms. The predicted octanol–water partition coefficient (Wildman–Crippen LogP) is 7.20. The van der Waals surface area contributed by atoms with Crippen LogP contribution in [0.2, 0.25) is 0 Å². The largest absolute Gasteiger partial charge is 0.450 e. The highest BCUT2D eigenvalue weighted by atomic mass is 16.5. The minimum atomic E-state index is -0.591. The molecule has 0 aliphatic rings. The van der Waals surface area contributed by atoms with Gasteiger partial charge in [-0.05, 0) is 31.5 Å². The topological polar surface area (TPSA) is 114 Å². The van der Waals surface area contributed by atoms with Gasteiger partial charge in [0.25, 0.3) is 0 Å². The van der Waals surface area contributed by atoms with E-state index in [0.717, 1.165) is 25.1 Å². The van der Waals surface area contributed by atoms with E-state index < -0.39 is 6.09 Å². The first kappa shape index (κ1) is 25.1. The molecule has 2 aromatic rings. The van der Waals surface area contributed by atoms with Gasteiger partial charge in [-0.2, -0.15) is 5.11 Å². The van der Waals surface area contributed by atoms with Crippen LogP contribution in [0.15, 0.2) is 46.6 Å². The molecule has 0 atom stereocenters. The smallest absolute Gasteiger partial charge is 0.411 e. The van der Waals surface area contributed by atoms with Gasteiger partial charge in [-0.15, -0.1) is 5.11 Å². The Hall–Kier alpha value is -3.16. The van der Waals surface area contributed by atoms with Gasteiger partial charge < -0.3 is 15.8 Å². The minimum absolute atomic E-state index is 0.190. The van der Waals surface area contributed by atoms with Crippen LogP contribution in [0.5, 0.6) is 0 Å². The van der Waals surface area contributed by atoms with Gasteiger partial charge in [0.05, 0.1) is 18.0 Å². The molecule has 8 heteroatoms. The summed E-state index contributed by atoms with van der Waals surface area (Å²) in [5, 5.41) is 14.5. The van der Waals surface area contributed by atoms with Gasteiger partial charge in [0.1, 0.15) is 11.5 Å². The van der Waals surface area contributed by atoms with E-state index in [-0.39, 0.29) is 12.4 Å². The standard InChI is InChI=1S/C24H36N6O2/c1-3-5-6-7-8-9-10-14-17-26-23-21(30-29-19-15-12-11-13-16-19)18-20(22(25)28-23)27-24(31)32-4-2/h11-13,15-16,18H,3-10,14,17H2,1-2H3,(H,27,31)(H3,25,26,28). The summed E-state index contributed by atoms with van der Waals surface area (Å²) in [5.74, 6) is 0.731. The van der Waals surface area contributed by atoms with E-state index >= 15 is 0 Å². The zero-order valence-corrected chi connectivity index (χ0v) is 19.3. The van der Waals surface area contributed by atoms with E-state index in [9.17, 15) is 4.79 Å². The molecule has 0 fully saturated rings. The third kappa shape index (κ3) is 9.32. The lowest BCUT2D eigenvalue weighted by molar-refractivity contribution is 0.168. The Morgan fingerprint density at radius 3 is 2.38 bits per heavy atom. The van der Waals surface area contributed by atoms with Crippen molar-refractivity contribution >= 4 is 34.8 Å². The minimum Gasteiger partial charge on any atom is -0.450 e. The van der Waals surface area contributed by atoms with Gasteiger partial charge in [0, 0.05) is 6.54 Å². The molecule has 174 valence electrons. The maximum atomic E-state index is 11.8. The number of benzene rings is 1. The molecule has 0 saturated carbocycles. The zero-order chi connectivity index (χ0) is 23.0. The maximum Gasteiger partial charge on any atom is 0.411 e.